The van der Waals surface area contributed by atoms with Gasteiger partial charge in [-0.25, -0.2) is 0 Å². The zero-order chi connectivity index (χ0) is 12.9. The van der Waals surface area contributed by atoms with Crippen LogP contribution in [0.5, 0.6) is 0 Å². The lowest BCUT2D eigenvalue weighted by Crippen LogP contribution is -2.42. The van der Waals surface area contributed by atoms with Crippen molar-refractivity contribution in [1.82, 2.24) is 10.6 Å². The van der Waals surface area contributed by atoms with Crippen molar-refractivity contribution in [3.63, 3.8) is 0 Å². The van der Waals surface area contributed by atoms with Gasteiger partial charge in [0.1, 0.15) is 0 Å². The third-order valence-corrected chi connectivity index (χ3v) is 2.95. The van der Waals surface area contributed by atoms with Crippen LogP contribution in [0, 0.1) is 0 Å². The van der Waals surface area contributed by atoms with Gasteiger partial charge in [-0.2, -0.15) is 0 Å². The first-order valence-electron chi connectivity index (χ1n) is 6.77. The fourth-order valence-corrected chi connectivity index (χ4v) is 2.01. The zero-order valence-electron chi connectivity index (χ0n) is 11.6. The summed E-state index contributed by atoms with van der Waals surface area (Å²) in [6.07, 6.45) is 7.11. The number of nitrogens with one attached hydrogen (secondary N) is 2. The van der Waals surface area contributed by atoms with E-state index in [1.54, 1.807) is 7.11 Å². The molecule has 17 heavy (non-hydrogen) atoms. The van der Waals surface area contributed by atoms with Gasteiger partial charge in [-0.1, -0.05) is 33.1 Å². The minimum atomic E-state index is 0.530. The number of hydrogen-bond donors (Lipinski definition) is 2. The average molecular weight is 260 g/mol. The van der Waals surface area contributed by atoms with Crippen molar-refractivity contribution >= 4 is 17.3 Å². The minimum Gasteiger partial charge on any atom is -0.385 e. The van der Waals surface area contributed by atoms with Crippen molar-refractivity contribution < 1.29 is 4.74 Å². The van der Waals surface area contributed by atoms with Crippen LogP contribution in [0.25, 0.3) is 0 Å². The first-order valence-corrected chi connectivity index (χ1v) is 7.18. The number of rotatable bonds is 10. The molecule has 0 amide bonds. The molecule has 0 spiro atoms. The molecule has 0 radical (unpaired) electrons. The summed E-state index contributed by atoms with van der Waals surface area (Å²) in [5.41, 5.74) is 0. The van der Waals surface area contributed by atoms with Crippen molar-refractivity contribution in [3.8, 4) is 0 Å². The lowest BCUT2D eigenvalue weighted by molar-refractivity contribution is 0.195. The molecule has 0 aromatic heterocycles. The van der Waals surface area contributed by atoms with Crippen molar-refractivity contribution in [1.29, 1.82) is 0 Å². The van der Waals surface area contributed by atoms with Gasteiger partial charge in [0.25, 0.3) is 0 Å². The lowest BCUT2D eigenvalue weighted by Gasteiger charge is -2.20. The summed E-state index contributed by atoms with van der Waals surface area (Å²) in [5.74, 6) is 0. The number of ether oxygens (including phenoxy) is 1. The first kappa shape index (κ1) is 16.6. The number of hydrogen-bond acceptors (Lipinski definition) is 2. The maximum Gasteiger partial charge on any atom is 0.166 e. The second-order valence-corrected chi connectivity index (χ2v) is 4.78. The van der Waals surface area contributed by atoms with Gasteiger partial charge in [0, 0.05) is 26.3 Å². The van der Waals surface area contributed by atoms with Gasteiger partial charge in [0.15, 0.2) is 5.11 Å². The standard InChI is InChI=1S/C13H28N2OS/c1-4-6-9-12(8-5-2)15-13(17)14-10-7-11-16-3/h12H,4-11H2,1-3H3,(H2,14,15,17). The van der Waals surface area contributed by atoms with E-state index < -0.39 is 0 Å². The van der Waals surface area contributed by atoms with Crippen LogP contribution in [0.2, 0.25) is 0 Å². The van der Waals surface area contributed by atoms with Crippen molar-refractivity contribution in [3.05, 3.63) is 0 Å². The Labute approximate surface area is 112 Å². The van der Waals surface area contributed by atoms with E-state index in [1.165, 1.54) is 32.1 Å². The largest absolute Gasteiger partial charge is 0.385 e. The van der Waals surface area contributed by atoms with Gasteiger partial charge in [-0.05, 0) is 31.5 Å². The van der Waals surface area contributed by atoms with Crippen LogP contribution in [0.3, 0.4) is 0 Å². The molecule has 0 saturated carbocycles. The van der Waals surface area contributed by atoms with Crippen molar-refractivity contribution in [2.75, 3.05) is 20.3 Å². The monoisotopic (exact) mass is 260 g/mol. The van der Waals surface area contributed by atoms with Crippen LogP contribution >= 0.6 is 12.2 Å². The molecule has 0 aliphatic heterocycles. The molecule has 0 aromatic carbocycles. The van der Waals surface area contributed by atoms with Gasteiger partial charge >= 0.3 is 0 Å². The van der Waals surface area contributed by atoms with E-state index in [4.69, 9.17) is 17.0 Å². The predicted molar refractivity (Wildman–Crippen MR) is 78.5 cm³/mol. The van der Waals surface area contributed by atoms with Crippen LogP contribution in [0.15, 0.2) is 0 Å². The molecule has 2 N–H and O–H groups in total. The topological polar surface area (TPSA) is 33.3 Å². The van der Waals surface area contributed by atoms with Gasteiger partial charge < -0.3 is 15.4 Å². The highest BCUT2D eigenvalue weighted by Crippen LogP contribution is 2.06. The first-order chi connectivity index (χ1) is 8.24. The highest BCUT2D eigenvalue weighted by molar-refractivity contribution is 7.80. The molecule has 0 saturated heterocycles. The third kappa shape index (κ3) is 10.5. The van der Waals surface area contributed by atoms with E-state index in [-0.39, 0.29) is 0 Å². The van der Waals surface area contributed by atoms with Crippen molar-refractivity contribution in [2.45, 2.75) is 58.4 Å². The van der Waals surface area contributed by atoms with Crippen LogP contribution in [-0.2, 0) is 4.74 Å². The second kappa shape index (κ2) is 12.1. The Bertz CT molecular complexity index is 188. The normalized spacial score (nSPS) is 12.2. The molecule has 1 atom stereocenters. The summed E-state index contributed by atoms with van der Waals surface area (Å²) in [6.45, 7) is 6.11. The predicted octanol–water partition coefficient (Wildman–Crippen LogP) is 2.85. The molecule has 0 bridgehead atoms. The summed E-state index contributed by atoms with van der Waals surface area (Å²) >= 11 is 5.28. The van der Waals surface area contributed by atoms with Crippen LogP contribution in [0.4, 0.5) is 0 Å². The van der Waals surface area contributed by atoms with E-state index in [1.807, 2.05) is 0 Å². The molecule has 0 aliphatic rings. The maximum atomic E-state index is 5.28. The van der Waals surface area contributed by atoms with Crippen molar-refractivity contribution in [2.24, 2.45) is 0 Å². The highest BCUT2D eigenvalue weighted by atomic mass is 32.1. The third-order valence-electron chi connectivity index (χ3n) is 2.69. The summed E-state index contributed by atoms with van der Waals surface area (Å²) < 4.78 is 4.99. The SMILES string of the molecule is CCCCC(CCC)NC(=S)NCCCOC. The fourth-order valence-electron chi connectivity index (χ4n) is 1.74. The molecule has 0 heterocycles. The zero-order valence-corrected chi connectivity index (χ0v) is 12.4. The molecule has 0 aromatic rings. The highest BCUT2D eigenvalue weighted by Gasteiger charge is 2.07. The summed E-state index contributed by atoms with van der Waals surface area (Å²) in [7, 11) is 1.72. The molecule has 0 rings (SSSR count). The van der Waals surface area contributed by atoms with Gasteiger partial charge in [-0.15, -0.1) is 0 Å². The van der Waals surface area contributed by atoms with E-state index >= 15 is 0 Å². The second-order valence-electron chi connectivity index (χ2n) is 4.37. The number of methoxy groups -OCH3 is 1. The molecule has 1 unspecified atom stereocenters. The number of unbranched alkanes of at least 4 members (excludes halogenated alkanes) is 1. The molecule has 102 valence electrons. The minimum absolute atomic E-state index is 0.530. The summed E-state index contributed by atoms with van der Waals surface area (Å²) in [6, 6.07) is 0.530. The molecule has 4 heteroatoms. The maximum absolute atomic E-state index is 5.28. The molecular formula is C13H28N2OS. The van der Waals surface area contributed by atoms with Gasteiger partial charge in [0.05, 0.1) is 0 Å². The summed E-state index contributed by atoms with van der Waals surface area (Å²) in [5, 5.41) is 7.42. The molecule has 3 nitrogen and oxygen atoms in total. The smallest absolute Gasteiger partial charge is 0.166 e. The Morgan fingerprint density at radius 3 is 2.53 bits per heavy atom. The van der Waals surface area contributed by atoms with Gasteiger partial charge in [-0.3, -0.25) is 0 Å². The Balaban J connectivity index is 3.70. The van der Waals surface area contributed by atoms with E-state index in [2.05, 4.69) is 24.5 Å². The van der Waals surface area contributed by atoms with Gasteiger partial charge in [0.2, 0.25) is 0 Å². The van der Waals surface area contributed by atoms with Crippen LogP contribution in [0.1, 0.15) is 52.4 Å². The Morgan fingerprint density at radius 2 is 1.94 bits per heavy atom. The Kier molecular flexibility index (Phi) is 11.9. The van der Waals surface area contributed by atoms with E-state index in [9.17, 15) is 0 Å². The molecule has 0 fully saturated rings. The molecule has 0 aliphatic carbocycles. The number of thiocarbonyl (C=S) groups is 1. The lowest BCUT2D eigenvalue weighted by atomic mass is 10.1. The Morgan fingerprint density at radius 1 is 1.18 bits per heavy atom. The van der Waals surface area contributed by atoms with Crippen LogP contribution < -0.4 is 10.6 Å². The summed E-state index contributed by atoms with van der Waals surface area (Å²) in [4.78, 5) is 0. The Hall–Kier alpha value is -0.350. The van der Waals surface area contributed by atoms with E-state index in [0.717, 1.165) is 24.7 Å². The van der Waals surface area contributed by atoms with E-state index in [0.29, 0.717) is 6.04 Å². The fraction of sp³-hybridized carbons (Fsp3) is 0.923. The molecular weight excluding hydrogens is 232 g/mol. The quantitative estimate of drug-likeness (QED) is 0.467. The average Bonchev–Trinajstić information content (AvgIpc) is 2.32. The van der Waals surface area contributed by atoms with Crippen LogP contribution in [-0.4, -0.2) is 31.4 Å².